The van der Waals surface area contributed by atoms with Gasteiger partial charge in [-0.1, -0.05) is 59.5 Å². The fourth-order valence-electron chi connectivity index (χ4n) is 2.19. The van der Waals surface area contributed by atoms with E-state index in [1.165, 1.54) is 0 Å². The largest absolute Gasteiger partial charge is 0.548 e. The van der Waals surface area contributed by atoms with Crippen LogP contribution in [0.3, 0.4) is 0 Å². The SMILES string of the molecule is O=C([O-])CN1C(=O)/C(=C/c2ccc(Sc3ccc(Cl)cc3)cc2)SC1=S. The van der Waals surface area contributed by atoms with E-state index in [1.54, 1.807) is 17.8 Å². The summed E-state index contributed by atoms with van der Waals surface area (Å²) in [5.41, 5.74) is 0.833. The number of nitrogens with zero attached hydrogens (tertiary/aromatic N) is 1. The van der Waals surface area contributed by atoms with Crippen LogP contribution in [0.4, 0.5) is 0 Å². The average Bonchev–Trinajstić information content (AvgIpc) is 2.86. The molecule has 2 aromatic carbocycles. The van der Waals surface area contributed by atoms with Crippen molar-refractivity contribution in [2.45, 2.75) is 9.79 Å². The number of benzene rings is 2. The number of amides is 1. The van der Waals surface area contributed by atoms with Crippen LogP contribution in [0, 0.1) is 0 Å². The number of aliphatic carboxylic acids is 1. The van der Waals surface area contributed by atoms with Crippen LogP contribution >= 0.6 is 47.3 Å². The lowest BCUT2D eigenvalue weighted by molar-refractivity contribution is -0.305. The van der Waals surface area contributed by atoms with Gasteiger partial charge < -0.3 is 9.90 Å². The average molecular weight is 421 g/mol. The van der Waals surface area contributed by atoms with Crippen molar-refractivity contribution in [3.63, 3.8) is 0 Å². The normalized spacial score (nSPS) is 15.7. The first-order valence-corrected chi connectivity index (χ1v) is 9.83. The minimum atomic E-state index is -1.34. The third kappa shape index (κ3) is 4.67. The molecule has 1 saturated heterocycles. The third-order valence-corrected chi connectivity index (χ3v) is 6.03. The number of hydrogen-bond acceptors (Lipinski definition) is 6. The number of thioether (sulfide) groups is 1. The van der Waals surface area contributed by atoms with Crippen molar-refractivity contribution in [3.8, 4) is 0 Å². The molecule has 0 unspecified atom stereocenters. The molecule has 0 radical (unpaired) electrons. The molecule has 0 spiro atoms. The second-order valence-corrected chi connectivity index (χ2v) is 8.52. The number of carbonyl (C=O) groups is 2. The van der Waals surface area contributed by atoms with Gasteiger partial charge >= 0.3 is 0 Å². The fraction of sp³-hybridized carbons (Fsp3) is 0.0556. The predicted molar refractivity (Wildman–Crippen MR) is 107 cm³/mol. The van der Waals surface area contributed by atoms with Gasteiger partial charge in [0.1, 0.15) is 4.32 Å². The van der Waals surface area contributed by atoms with Crippen molar-refractivity contribution in [2.75, 3.05) is 6.54 Å². The highest BCUT2D eigenvalue weighted by Crippen LogP contribution is 2.33. The van der Waals surface area contributed by atoms with E-state index in [-0.39, 0.29) is 4.32 Å². The predicted octanol–water partition coefficient (Wildman–Crippen LogP) is 3.44. The summed E-state index contributed by atoms with van der Waals surface area (Å²) in [5, 5.41) is 11.4. The number of rotatable bonds is 5. The Bertz CT molecular complexity index is 895. The molecule has 0 saturated carbocycles. The molecule has 1 aliphatic rings. The van der Waals surface area contributed by atoms with Gasteiger partial charge in [0.15, 0.2) is 0 Å². The summed E-state index contributed by atoms with van der Waals surface area (Å²) in [6.45, 7) is -0.529. The van der Waals surface area contributed by atoms with Gasteiger partial charge in [-0.15, -0.1) is 0 Å². The van der Waals surface area contributed by atoms with E-state index in [0.717, 1.165) is 32.0 Å². The number of thiocarbonyl (C=S) groups is 1. The molecule has 1 amide bonds. The number of halogens is 1. The first-order chi connectivity index (χ1) is 12.4. The molecule has 0 N–H and O–H groups in total. The monoisotopic (exact) mass is 420 g/mol. The molecule has 0 bridgehead atoms. The summed E-state index contributed by atoms with van der Waals surface area (Å²) >= 11 is 13.6. The molecule has 0 aliphatic carbocycles. The number of carbonyl (C=O) groups excluding carboxylic acids is 2. The summed E-state index contributed by atoms with van der Waals surface area (Å²) in [6.07, 6.45) is 1.70. The zero-order valence-corrected chi connectivity index (χ0v) is 16.4. The zero-order chi connectivity index (χ0) is 18.7. The van der Waals surface area contributed by atoms with Crippen molar-refractivity contribution in [3.05, 3.63) is 64.0 Å². The molecule has 1 fully saturated rings. The Hall–Kier alpha value is -1.80. The molecule has 3 rings (SSSR count). The van der Waals surface area contributed by atoms with Crippen LogP contribution in [-0.4, -0.2) is 27.6 Å². The summed E-state index contributed by atoms with van der Waals surface area (Å²) in [7, 11) is 0. The summed E-state index contributed by atoms with van der Waals surface area (Å²) in [4.78, 5) is 26.5. The lowest BCUT2D eigenvalue weighted by Crippen LogP contribution is -2.40. The smallest absolute Gasteiger partial charge is 0.266 e. The van der Waals surface area contributed by atoms with Crippen molar-refractivity contribution in [1.29, 1.82) is 0 Å². The minimum absolute atomic E-state index is 0.223. The highest BCUT2D eigenvalue weighted by molar-refractivity contribution is 8.26. The Kier molecular flexibility index (Phi) is 6.03. The van der Waals surface area contributed by atoms with Gasteiger partial charge in [0.2, 0.25) is 0 Å². The lowest BCUT2D eigenvalue weighted by atomic mass is 10.2. The van der Waals surface area contributed by atoms with E-state index in [4.69, 9.17) is 23.8 Å². The van der Waals surface area contributed by atoms with Gasteiger partial charge in [-0.3, -0.25) is 9.69 Å². The molecule has 1 aliphatic heterocycles. The van der Waals surface area contributed by atoms with E-state index < -0.39 is 18.4 Å². The van der Waals surface area contributed by atoms with Gasteiger partial charge in [0, 0.05) is 14.8 Å². The van der Waals surface area contributed by atoms with Crippen LogP contribution in [0.1, 0.15) is 5.56 Å². The van der Waals surface area contributed by atoms with Crippen LogP contribution in [0.25, 0.3) is 6.08 Å². The van der Waals surface area contributed by atoms with Crippen LogP contribution in [-0.2, 0) is 9.59 Å². The van der Waals surface area contributed by atoms with E-state index >= 15 is 0 Å². The summed E-state index contributed by atoms with van der Waals surface area (Å²) < 4.78 is 0.223. The molecule has 132 valence electrons. The number of carboxylic acid groups (broad SMARTS) is 1. The summed E-state index contributed by atoms with van der Waals surface area (Å²) in [5.74, 6) is -1.75. The second kappa shape index (κ2) is 8.26. The topological polar surface area (TPSA) is 60.4 Å². The van der Waals surface area contributed by atoms with E-state index in [9.17, 15) is 14.7 Å². The maximum atomic E-state index is 12.2. The Balaban J connectivity index is 1.71. The highest BCUT2D eigenvalue weighted by Gasteiger charge is 2.31. The van der Waals surface area contributed by atoms with E-state index in [2.05, 4.69) is 0 Å². The lowest BCUT2D eigenvalue weighted by Gasteiger charge is -2.14. The number of hydrogen-bond donors (Lipinski definition) is 0. The molecule has 1 heterocycles. The van der Waals surface area contributed by atoms with Crippen molar-refractivity contribution in [1.82, 2.24) is 4.90 Å². The van der Waals surface area contributed by atoms with Crippen LogP contribution in [0.5, 0.6) is 0 Å². The van der Waals surface area contributed by atoms with E-state index in [0.29, 0.717) is 9.93 Å². The minimum Gasteiger partial charge on any atom is -0.548 e. The molecule has 26 heavy (non-hydrogen) atoms. The van der Waals surface area contributed by atoms with Crippen molar-refractivity contribution >= 4 is 69.6 Å². The van der Waals surface area contributed by atoms with E-state index in [1.807, 2.05) is 48.5 Å². The van der Waals surface area contributed by atoms with Crippen LogP contribution in [0.15, 0.2) is 63.2 Å². The van der Waals surface area contributed by atoms with Crippen LogP contribution < -0.4 is 5.11 Å². The third-order valence-electron chi connectivity index (χ3n) is 3.39. The molecule has 2 aromatic rings. The maximum Gasteiger partial charge on any atom is 0.266 e. The molecule has 0 aromatic heterocycles. The fourth-order valence-corrected chi connectivity index (χ4v) is 4.39. The molecular weight excluding hydrogens is 410 g/mol. The molecular formula is C18H11ClNO3S3-. The van der Waals surface area contributed by atoms with Gasteiger partial charge in [-0.05, 0) is 48.0 Å². The Morgan fingerprint density at radius 2 is 1.73 bits per heavy atom. The standard InChI is InChI=1S/C18H12ClNO3S3/c19-12-3-7-14(8-4-12)25-13-5-1-11(2-6-13)9-15-17(23)20(10-16(21)22)18(24)26-15/h1-9H,10H2,(H,21,22)/p-1/b15-9-. The van der Waals surface area contributed by atoms with Crippen molar-refractivity contribution < 1.29 is 14.7 Å². The Morgan fingerprint density at radius 3 is 2.31 bits per heavy atom. The summed E-state index contributed by atoms with van der Waals surface area (Å²) in [6, 6.07) is 15.3. The second-order valence-electron chi connectivity index (χ2n) is 5.26. The van der Waals surface area contributed by atoms with Gasteiger partial charge in [0.05, 0.1) is 17.4 Å². The van der Waals surface area contributed by atoms with Gasteiger partial charge in [0.25, 0.3) is 5.91 Å². The molecule has 8 heteroatoms. The quantitative estimate of drug-likeness (QED) is 0.545. The first-order valence-electron chi connectivity index (χ1n) is 7.41. The maximum absolute atomic E-state index is 12.2. The molecule has 4 nitrogen and oxygen atoms in total. The Labute approximate surface area is 169 Å². The highest BCUT2D eigenvalue weighted by atomic mass is 35.5. The Morgan fingerprint density at radius 1 is 1.15 bits per heavy atom. The number of carboxylic acids is 1. The van der Waals surface area contributed by atoms with Gasteiger partial charge in [-0.25, -0.2) is 0 Å². The van der Waals surface area contributed by atoms with Crippen LogP contribution in [0.2, 0.25) is 5.02 Å². The van der Waals surface area contributed by atoms with Crippen molar-refractivity contribution in [2.24, 2.45) is 0 Å². The van der Waals surface area contributed by atoms with Gasteiger partial charge in [-0.2, -0.15) is 0 Å². The molecule has 0 atom stereocenters. The first kappa shape index (κ1) is 19.0. The zero-order valence-electron chi connectivity index (χ0n) is 13.2.